The molecule has 1 saturated carbocycles. The Hall–Kier alpha value is -2.57. The largest absolute Gasteiger partial charge is 0.350 e. The minimum absolute atomic E-state index is 0.0367. The van der Waals surface area contributed by atoms with Crippen LogP contribution in [-0.2, 0) is 4.79 Å². The summed E-state index contributed by atoms with van der Waals surface area (Å²) < 4.78 is 0. The molecule has 27 heavy (non-hydrogen) atoms. The van der Waals surface area contributed by atoms with Gasteiger partial charge in [-0.25, -0.2) is 4.79 Å². The summed E-state index contributed by atoms with van der Waals surface area (Å²) in [5.41, 5.74) is 0.793. The lowest BCUT2D eigenvalue weighted by Crippen LogP contribution is -2.47. The predicted octanol–water partition coefficient (Wildman–Crippen LogP) is 2.74. The summed E-state index contributed by atoms with van der Waals surface area (Å²) in [6, 6.07) is 6.62. The number of hydrogen-bond acceptors (Lipinski definition) is 3. The first-order valence-electron chi connectivity index (χ1n) is 9.38. The molecule has 1 aliphatic rings. The van der Waals surface area contributed by atoms with Crippen LogP contribution < -0.4 is 16.0 Å². The van der Waals surface area contributed by atoms with Crippen LogP contribution in [0.1, 0.15) is 56.8 Å². The molecule has 0 unspecified atom stereocenters. The van der Waals surface area contributed by atoms with Crippen LogP contribution in [-0.4, -0.2) is 47.9 Å². The van der Waals surface area contributed by atoms with Crippen LogP contribution in [0, 0.1) is 0 Å². The Morgan fingerprint density at radius 2 is 1.67 bits per heavy atom. The third kappa shape index (κ3) is 6.92. The van der Waals surface area contributed by atoms with Gasteiger partial charge in [0.05, 0.1) is 0 Å². The first-order valence-corrected chi connectivity index (χ1v) is 9.38. The predicted molar refractivity (Wildman–Crippen MR) is 106 cm³/mol. The molecule has 1 aromatic carbocycles. The van der Waals surface area contributed by atoms with Crippen molar-refractivity contribution >= 4 is 23.5 Å². The third-order valence-electron chi connectivity index (χ3n) is 4.33. The summed E-state index contributed by atoms with van der Waals surface area (Å²) in [4.78, 5) is 37.7. The van der Waals surface area contributed by atoms with Gasteiger partial charge in [-0.1, -0.05) is 12.8 Å². The number of rotatable bonds is 5. The van der Waals surface area contributed by atoms with E-state index in [1.54, 1.807) is 31.3 Å². The molecule has 0 aliphatic heterocycles. The van der Waals surface area contributed by atoms with Crippen molar-refractivity contribution in [1.82, 2.24) is 15.5 Å². The zero-order valence-corrected chi connectivity index (χ0v) is 16.6. The molecule has 1 aromatic rings. The lowest BCUT2D eigenvalue weighted by Gasteiger charge is -2.23. The maximum absolute atomic E-state index is 12.2. The van der Waals surface area contributed by atoms with Gasteiger partial charge in [0.1, 0.15) is 6.54 Å². The van der Waals surface area contributed by atoms with Crippen LogP contribution in [0.25, 0.3) is 0 Å². The molecule has 0 spiro atoms. The lowest BCUT2D eigenvalue weighted by molar-refractivity contribution is -0.122. The highest BCUT2D eigenvalue weighted by Crippen LogP contribution is 2.18. The molecular formula is C20H30N4O3. The van der Waals surface area contributed by atoms with Crippen molar-refractivity contribution in [3.05, 3.63) is 29.8 Å². The van der Waals surface area contributed by atoms with Crippen molar-refractivity contribution in [2.75, 3.05) is 18.9 Å². The zero-order valence-electron chi connectivity index (χ0n) is 16.6. The van der Waals surface area contributed by atoms with Crippen LogP contribution in [0.2, 0.25) is 0 Å². The fraction of sp³-hybridized carbons (Fsp3) is 0.550. The van der Waals surface area contributed by atoms with Crippen LogP contribution >= 0.6 is 0 Å². The molecule has 0 bridgehead atoms. The average molecular weight is 374 g/mol. The van der Waals surface area contributed by atoms with Gasteiger partial charge in [0.15, 0.2) is 0 Å². The van der Waals surface area contributed by atoms with Crippen molar-refractivity contribution in [3.8, 4) is 0 Å². The smallest absolute Gasteiger partial charge is 0.322 e. The highest BCUT2D eigenvalue weighted by atomic mass is 16.2. The van der Waals surface area contributed by atoms with Gasteiger partial charge < -0.3 is 20.9 Å². The second-order valence-corrected chi connectivity index (χ2v) is 8.12. The highest BCUT2D eigenvalue weighted by molar-refractivity contribution is 5.96. The van der Waals surface area contributed by atoms with E-state index in [4.69, 9.17) is 0 Å². The van der Waals surface area contributed by atoms with Gasteiger partial charge in [-0.05, 0) is 57.9 Å². The quantitative estimate of drug-likeness (QED) is 0.740. The van der Waals surface area contributed by atoms with Crippen molar-refractivity contribution in [2.45, 2.75) is 58.0 Å². The number of likely N-dealkylation sites (N-methyl/N-ethyl adjacent to an activating group) is 1. The molecule has 1 fully saturated rings. The normalized spacial score (nSPS) is 14.5. The Morgan fingerprint density at radius 3 is 2.22 bits per heavy atom. The van der Waals surface area contributed by atoms with Gasteiger partial charge in [-0.3, -0.25) is 9.59 Å². The number of urea groups is 1. The Morgan fingerprint density at radius 1 is 1.07 bits per heavy atom. The van der Waals surface area contributed by atoms with Gasteiger partial charge in [-0.2, -0.15) is 0 Å². The monoisotopic (exact) mass is 374 g/mol. The molecule has 4 amide bonds. The minimum Gasteiger partial charge on any atom is -0.350 e. The minimum atomic E-state index is -0.387. The van der Waals surface area contributed by atoms with Gasteiger partial charge in [0.25, 0.3) is 5.91 Å². The summed E-state index contributed by atoms with van der Waals surface area (Å²) in [6.45, 7) is 5.62. The topological polar surface area (TPSA) is 90.5 Å². The Labute approximate surface area is 160 Å². The van der Waals surface area contributed by atoms with E-state index in [9.17, 15) is 14.4 Å². The van der Waals surface area contributed by atoms with E-state index < -0.39 is 0 Å². The summed E-state index contributed by atoms with van der Waals surface area (Å²) >= 11 is 0. The Bertz CT molecular complexity index is 673. The van der Waals surface area contributed by atoms with E-state index in [2.05, 4.69) is 16.0 Å². The van der Waals surface area contributed by atoms with E-state index in [0.29, 0.717) is 11.3 Å². The molecule has 1 aliphatic carbocycles. The molecule has 0 heterocycles. The number of carbonyl (C=O) groups is 3. The van der Waals surface area contributed by atoms with E-state index in [1.807, 2.05) is 20.8 Å². The van der Waals surface area contributed by atoms with Crippen molar-refractivity contribution in [3.63, 3.8) is 0 Å². The SMILES string of the molecule is CN(CC(=O)NC(C)(C)C)C(=O)Nc1ccc(C(=O)NC2CCCC2)cc1. The standard InChI is InChI=1S/C20H30N4O3/c1-20(2,3)23-17(25)13-24(4)19(27)22-16-11-9-14(10-12-16)18(26)21-15-7-5-6-8-15/h9-12,15H,5-8,13H2,1-4H3,(H,21,26)(H,22,27)(H,23,25). The molecule has 7 heteroatoms. The summed E-state index contributed by atoms with van der Waals surface area (Å²) in [5.74, 6) is -0.310. The van der Waals surface area contributed by atoms with E-state index >= 15 is 0 Å². The maximum atomic E-state index is 12.2. The number of anilines is 1. The second-order valence-electron chi connectivity index (χ2n) is 8.12. The lowest BCUT2D eigenvalue weighted by atomic mass is 10.1. The number of carbonyl (C=O) groups excluding carboxylic acids is 3. The molecule has 148 valence electrons. The first-order chi connectivity index (χ1) is 12.6. The van der Waals surface area contributed by atoms with Gasteiger partial charge >= 0.3 is 6.03 Å². The van der Waals surface area contributed by atoms with E-state index in [-0.39, 0.29) is 36.0 Å². The maximum Gasteiger partial charge on any atom is 0.322 e. The van der Waals surface area contributed by atoms with Gasteiger partial charge in [0, 0.05) is 29.9 Å². The molecular weight excluding hydrogens is 344 g/mol. The number of nitrogens with zero attached hydrogens (tertiary/aromatic N) is 1. The van der Waals surface area contributed by atoms with Crippen LogP contribution in [0.4, 0.5) is 10.5 Å². The van der Waals surface area contributed by atoms with Crippen molar-refractivity contribution < 1.29 is 14.4 Å². The van der Waals surface area contributed by atoms with Crippen molar-refractivity contribution in [1.29, 1.82) is 0 Å². The second kappa shape index (κ2) is 8.88. The Kier molecular flexibility index (Phi) is 6.82. The van der Waals surface area contributed by atoms with Crippen LogP contribution in [0.3, 0.4) is 0 Å². The molecule has 0 atom stereocenters. The van der Waals surface area contributed by atoms with Crippen molar-refractivity contribution in [2.24, 2.45) is 0 Å². The fourth-order valence-electron chi connectivity index (χ4n) is 3.01. The third-order valence-corrected chi connectivity index (χ3v) is 4.33. The molecule has 3 N–H and O–H groups in total. The summed E-state index contributed by atoms with van der Waals surface area (Å²) in [7, 11) is 1.56. The summed E-state index contributed by atoms with van der Waals surface area (Å²) in [6.07, 6.45) is 4.40. The van der Waals surface area contributed by atoms with Gasteiger partial charge in [0.2, 0.25) is 5.91 Å². The molecule has 7 nitrogen and oxygen atoms in total. The molecule has 0 radical (unpaired) electrons. The summed E-state index contributed by atoms with van der Waals surface area (Å²) in [5, 5.41) is 8.57. The molecule has 2 rings (SSSR count). The molecule has 0 saturated heterocycles. The highest BCUT2D eigenvalue weighted by Gasteiger charge is 2.19. The number of nitrogens with one attached hydrogen (secondary N) is 3. The Balaban J connectivity index is 1.84. The number of amides is 4. The molecule has 0 aromatic heterocycles. The zero-order chi connectivity index (χ0) is 20.0. The number of hydrogen-bond donors (Lipinski definition) is 3. The van der Waals surface area contributed by atoms with E-state index in [0.717, 1.165) is 25.7 Å². The van der Waals surface area contributed by atoms with Gasteiger partial charge in [-0.15, -0.1) is 0 Å². The van der Waals surface area contributed by atoms with Crippen LogP contribution in [0.5, 0.6) is 0 Å². The van der Waals surface area contributed by atoms with Crippen LogP contribution in [0.15, 0.2) is 24.3 Å². The average Bonchev–Trinajstić information content (AvgIpc) is 3.06. The first kappa shape index (κ1) is 20.7. The fourth-order valence-corrected chi connectivity index (χ4v) is 3.01. The van der Waals surface area contributed by atoms with E-state index in [1.165, 1.54) is 4.90 Å². The number of benzene rings is 1.